The Bertz CT molecular complexity index is 454. The summed E-state index contributed by atoms with van der Waals surface area (Å²) < 4.78 is 13.5. The minimum Gasteiger partial charge on any atom is -0.386 e. The van der Waals surface area contributed by atoms with Gasteiger partial charge in [0.1, 0.15) is 5.82 Å². The lowest BCUT2D eigenvalue weighted by Crippen LogP contribution is -2.32. The van der Waals surface area contributed by atoms with Crippen LogP contribution in [-0.4, -0.2) is 17.6 Å². The van der Waals surface area contributed by atoms with Crippen molar-refractivity contribution in [3.63, 3.8) is 0 Å². The van der Waals surface area contributed by atoms with Crippen LogP contribution in [0.25, 0.3) is 0 Å². The highest BCUT2D eigenvalue weighted by molar-refractivity contribution is 5.76. The van der Waals surface area contributed by atoms with E-state index in [1.165, 1.54) is 12.1 Å². The van der Waals surface area contributed by atoms with E-state index in [1.54, 1.807) is 12.1 Å². The molecule has 1 aromatic carbocycles. The molecule has 0 radical (unpaired) electrons. The predicted molar refractivity (Wildman–Crippen MR) is 77.6 cm³/mol. The average Bonchev–Trinajstić information content (AvgIpc) is 2.35. The molecule has 0 fully saturated rings. The average molecular weight is 281 g/mol. The lowest BCUT2D eigenvalue weighted by atomic mass is 9.80. The smallest absolute Gasteiger partial charge is 0.220 e. The number of hydrogen-bond donors (Lipinski definition) is 2. The van der Waals surface area contributed by atoms with Gasteiger partial charge in [0.2, 0.25) is 5.91 Å². The minimum atomic E-state index is -1.02. The summed E-state index contributed by atoms with van der Waals surface area (Å²) in [5, 5.41) is 12.5. The van der Waals surface area contributed by atoms with Gasteiger partial charge in [-0.1, -0.05) is 45.9 Å². The van der Waals surface area contributed by atoms with Crippen molar-refractivity contribution in [2.24, 2.45) is 11.3 Å². The number of rotatable bonds is 5. The van der Waals surface area contributed by atoms with E-state index in [0.717, 1.165) is 0 Å². The largest absolute Gasteiger partial charge is 0.386 e. The van der Waals surface area contributed by atoms with Crippen molar-refractivity contribution in [2.45, 2.75) is 40.2 Å². The quantitative estimate of drug-likeness (QED) is 0.871. The van der Waals surface area contributed by atoms with Crippen molar-refractivity contribution in [1.82, 2.24) is 5.32 Å². The lowest BCUT2D eigenvalue weighted by Gasteiger charge is -2.26. The Balaban J connectivity index is 2.48. The second-order valence-corrected chi connectivity index (χ2v) is 6.31. The third-order valence-corrected chi connectivity index (χ3v) is 3.73. The van der Waals surface area contributed by atoms with Crippen LogP contribution in [0.4, 0.5) is 4.39 Å². The molecule has 20 heavy (non-hydrogen) atoms. The first-order valence-corrected chi connectivity index (χ1v) is 6.91. The lowest BCUT2D eigenvalue weighted by molar-refractivity contribution is -0.123. The summed E-state index contributed by atoms with van der Waals surface area (Å²) in [6.07, 6.45) is -0.627. The first-order valence-electron chi connectivity index (χ1n) is 6.91. The standard InChI is InChI=1S/C16H24FNO2/c1-11(16(2,3)4)9-15(20)18-10-14(19)12-7-5-6-8-13(12)17/h5-8,11,14,19H,9-10H2,1-4H3,(H,18,20). The summed E-state index contributed by atoms with van der Waals surface area (Å²) in [6.45, 7) is 8.29. The Morgan fingerprint density at radius 1 is 1.35 bits per heavy atom. The Morgan fingerprint density at radius 3 is 2.50 bits per heavy atom. The molecule has 2 unspecified atom stereocenters. The number of aliphatic hydroxyl groups is 1. The van der Waals surface area contributed by atoms with Gasteiger partial charge in [-0.15, -0.1) is 0 Å². The fourth-order valence-corrected chi connectivity index (χ4v) is 1.72. The van der Waals surface area contributed by atoms with E-state index < -0.39 is 11.9 Å². The molecule has 1 aromatic rings. The van der Waals surface area contributed by atoms with Gasteiger partial charge in [-0.25, -0.2) is 4.39 Å². The van der Waals surface area contributed by atoms with E-state index in [9.17, 15) is 14.3 Å². The van der Waals surface area contributed by atoms with Crippen LogP contribution in [0.3, 0.4) is 0 Å². The molecule has 3 nitrogen and oxygen atoms in total. The molecule has 0 saturated heterocycles. The van der Waals surface area contributed by atoms with E-state index in [4.69, 9.17) is 0 Å². The highest BCUT2D eigenvalue weighted by atomic mass is 19.1. The number of hydrogen-bond acceptors (Lipinski definition) is 2. The Morgan fingerprint density at radius 2 is 1.95 bits per heavy atom. The Hall–Kier alpha value is -1.42. The van der Waals surface area contributed by atoms with Crippen LogP contribution < -0.4 is 5.32 Å². The summed E-state index contributed by atoms with van der Waals surface area (Å²) in [4.78, 5) is 11.8. The van der Waals surface area contributed by atoms with Crippen molar-refractivity contribution in [3.8, 4) is 0 Å². The fraction of sp³-hybridized carbons (Fsp3) is 0.562. The monoisotopic (exact) mass is 281 g/mol. The van der Waals surface area contributed by atoms with Crippen LogP contribution >= 0.6 is 0 Å². The van der Waals surface area contributed by atoms with E-state index in [1.807, 2.05) is 6.92 Å². The van der Waals surface area contributed by atoms with Crippen molar-refractivity contribution in [1.29, 1.82) is 0 Å². The third-order valence-electron chi connectivity index (χ3n) is 3.73. The molecule has 1 rings (SSSR count). The van der Waals surface area contributed by atoms with Gasteiger partial charge in [-0.2, -0.15) is 0 Å². The molecule has 0 aromatic heterocycles. The van der Waals surface area contributed by atoms with Gasteiger partial charge in [0.25, 0.3) is 0 Å². The number of amides is 1. The van der Waals surface area contributed by atoms with Crippen molar-refractivity contribution in [3.05, 3.63) is 35.6 Å². The molecule has 2 atom stereocenters. The van der Waals surface area contributed by atoms with Gasteiger partial charge in [0, 0.05) is 18.5 Å². The molecule has 0 aliphatic rings. The maximum absolute atomic E-state index is 13.5. The maximum atomic E-state index is 13.5. The zero-order valence-electron chi connectivity index (χ0n) is 12.6. The van der Waals surface area contributed by atoms with Gasteiger partial charge in [-0.3, -0.25) is 4.79 Å². The van der Waals surface area contributed by atoms with Crippen LogP contribution in [0.5, 0.6) is 0 Å². The normalized spacial score (nSPS) is 14.7. The number of carbonyl (C=O) groups is 1. The second-order valence-electron chi connectivity index (χ2n) is 6.31. The molecule has 0 aliphatic carbocycles. The zero-order chi connectivity index (χ0) is 15.3. The molecule has 2 N–H and O–H groups in total. The minimum absolute atomic E-state index is 0.0244. The van der Waals surface area contributed by atoms with E-state index in [0.29, 0.717) is 6.42 Å². The number of halogens is 1. The van der Waals surface area contributed by atoms with Crippen LogP contribution in [0.1, 0.15) is 45.8 Å². The van der Waals surface area contributed by atoms with E-state index in [-0.39, 0.29) is 29.3 Å². The first-order chi connectivity index (χ1) is 9.21. The molecule has 0 aliphatic heterocycles. The molecule has 1 amide bonds. The predicted octanol–water partition coefficient (Wildman–Crippen LogP) is 3.05. The van der Waals surface area contributed by atoms with Crippen LogP contribution in [-0.2, 0) is 4.79 Å². The maximum Gasteiger partial charge on any atom is 0.220 e. The summed E-state index contributed by atoms with van der Waals surface area (Å²) >= 11 is 0. The Labute approximate surface area is 120 Å². The summed E-state index contributed by atoms with van der Waals surface area (Å²) in [6, 6.07) is 6.03. The molecular formula is C16H24FNO2. The molecule has 4 heteroatoms. The first kappa shape index (κ1) is 16.6. The van der Waals surface area contributed by atoms with Crippen molar-refractivity contribution < 1.29 is 14.3 Å². The fourth-order valence-electron chi connectivity index (χ4n) is 1.72. The van der Waals surface area contributed by atoms with Gasteiger partial charge in [0.05, 0.1) is 6.10 Å². The highest BCUT2D eigenvalue weighted by Gasteiger charge is 2.23. The van der Waals surface area contributed by atoms with Crippen LogP contribution in [0, 0.1) is 17.2 Å². The van der Waals surface area contributed by atoms with E-state index in [2.05, 4.69) is 26.1 Å². The molecule has 0 heterocycles. The summed E-state index contributed by atoms with van der Waals surface area (Å²) in [5.74, 6) is -0.353. The van der Waals surface area contributed by atoms with Gasteiger partial charge >= 0.3 is 0 Å². The number of nitrogens with one attached hydrogen (secondary N) is 1. The molecular weight excluding hydrogens is 257 g/mol. The number of benzene rings is 1. The van der Waals surface area contributed by atoms with Gasteiger partial charge in [-0.05, 0) is 17.4 Å². The third kappa shape index (κ3) is 4.93. The molecule has 0 saturated carbocycles. The zero-order valence-corrected chi connectivity index (χ0v) is 12.6. The van der Waals surface area contributed by atoms with Crippen molar-refractivity contribution >= 4 is 5.91 Å². The molecule has 112 valence electrons. The molecule has 0 bridgehead atoms. The highest BCUT2D eigenvalue weighted by Crippen LogP contribution is 2.27. The van der Waals surface area contributed by atoms with Gasteiger partial charge < -0.3 is 10.4 Å². The molecule has 0 spiro atoms. The Kier molecular flexibility index (Phi) is 5.69. The van der Waals surface area contributed by atoms with Crippen molar-refractivity contribution in [2.75, 3.05) is 6.54 Å². The summed E-state index contributed by atoms with van der Waals surface area (Å²) in [7, 11) is 0. The summed E-state index contributed by atoms with van der Waals surface area (Å²) in [5.41, 5.74) is 0.262. The van der Waals surface area contributed by atoms with Crippen LogP contribution in [0.15, 0.2) is 24.3 Å². The van der Waals surface area contributed by atoms with Crippen LogP contribution in [0.2, 0.25) is 0 Å². The van der Waals surface area contributed by atoms with Gasteiger partial charge in [0.15, 0.2) is 0 Å². The number of carbonyl (C=O) groups excluding carboxylic acids is 1. The topological polar surface area (TPSA) is 49.3 Å². The SMILES string of the molecule is CC(CC(=O)NCC(O)c1ccccc1F)C(C)(C)C. The number of aliphatic hydroxyl groups excluding tert-OH is 1. The second kappa shape index (κ2) is 6.84. The van der Waals surface area contributed by atoms with E-state index >= 15 is 0 Å².